The van der Waals surface area contributed by atoms with Crippen molar-refractivity contribution in [3.8, 4) is 0 Å². The summed E-state index contributed by atoms with van der Waals surface area (Å²) in [5.41, 5.74) is 0.205. The van der Waals surface area contributed by atoms with Gasteiger partial charge in [-0.3, -0.25) is 0 Å². The average Bonchev–Trinajstić information content (AvgIpc) is 3.13. The molecule has 4 nitrogen and oxygen atoms in total. The van der Waals surface area contributed by atoms with Gasteiger partial charge in [-0.2, -0.15) is 0 Å². The van der Waals surface area contributed by atoms with Gasteiger partial charge in [0.1, 0.15) is 0 Å². The Bertz CT molecular complexity index is 495. The molecule has 0 aromatic rings. The fraction of sp³-hybridized carbons (Fsp3) is 1.00. The van der Waals surface area contributed by atoms with E-state index in [1.807, 2.05) is 0 Å². The van der Waals surface area contributed by atoms with Crippen LogP contribution in [0.25, 0.3) is 0 Å². The van der Waals surface area contributed by atoms with E-state index >= 15 is 0 Å². The second-order valence-corrected chi connectivity index (χ2v) is 15.3. The summed E-state index contributed by atoms with van der Waals surface area (Å²) >= 11 is 0. The Kier molecular flexibility index (Phi) is 5.71. The van der Waals surface area contributed by atoms with E-state index in [9.17, 15) is 5.11 Å². The van der Waals surface area contributed by atoms with Crippen LogP contribution in [0.1, 0.15) is 66.2 Å². The van der Waals surface area contributed by atoms with Gasteiger partial charge in [-0.25, -0.2) is 0 Å². The maximum atomic E-state index is 9.43. The van der Waals surface area contributed by atoms with Gasteiger partial charge >= 0.3 is 0 Å². The van der Waals surface area contributed by atoms with Crippen molar-refractivity contribution in [2.45, 2.75) is 96.2 Å². The second-order valence-electron chi connectivity index (χ2n) is 10.5. The number of ether oxygens (including phenoxy) is 2. The van der Waals surface area contributed by atoms with Crippen LogP contribution in [0.15, 0.2) is 0 Å². The molecule has 0 aromatic carbocycles. The van der Waals surface area contributed by atoms with Crippen molar-refractivity contribution < 1.29 is 19.0 Å². The van der Waals surface area contributed by atoms with Crippen LogP contribution in [0.4, 0.5) is 0 Å². The topological polar surface area (TPSA) is 47.9 Å². The van der Waals surface area contributed by atoms with E-state index in [4.69, 9.17) is 13.9 Å². The van der Waals surface area contributed by atoms with Gasteiger partial charge in [0.05, 0.1) is 19.3 Å². The van der Waals surface area contributed by atoms with Crippen LogP contribution >= 0.6 is 0 Å². The minimum atomic E-state index is -1.78. The molecule has 3 rings (SSSR count). The highest BCUT2D eigenvalue weighted by molar-refractivity contribution is 6.74. The number of fused-ring (bicyclic) bond motifs is 1. The lowest BCUT2D eigenvalue weighted by atomic mass is 9.60. The lowest BCUT2D eigenvalue weighted by Crippen LogP contribution is -2.55. The zero-order valence-corrected chi connectivity index (χ0v) is 18.8. The van der Waals surface area contributed by atoms with Crippen LogP contribution in [0.5, 0.6) is 0 Å². The largest absolute Gasteiger partial charge is 0.413 e. The average molecular weight is 385 g/mol. The molecule has 26 heavy (non-hydrogen) atoms. The van der Waals surface area contributed by atoms with Gasteiger partial charge in [0.25, 0.3) is 0 Å². The first kappa shape index (κ1) is 20.8. The van der Waals surface area contributed by atoms with Crippen LogP contribution < -0.4 is 0 Å². The molecular formula is C21H40O4Si. The van der Waals surface area contributed by atoms with Crippen LogP contribution in [0.2, 0.25) is 18.1 Å². The van der Waals surface area contributed by atoms with E-state index in [2.05, 4.69) is 40.8 Å². The maximum absolute atomic E-state index is 9.43. The van der Waals surface area contributed by atoms with E-state index in [1.165, 1.54) is 6.42 Å². The minimum Gasteiger partial charge on any atom is -0.413 e. The fourth-order valence-corrected chi connectivity index (χ4v) is 6.91. The van der Waals surface area contributed by atoms with Crippen LogP contribution in [-0.4, -0.2) is 45.1 Å². The molecule has 5 heteroatoms. The third-order valence-electron chi connectivity index (χ3n) is 8.08. The van der Waals surface area contributed by atoms with E-state index in [0.29, 0.717) is 31.2 Å². The van der Waals surface area contributed by atoms with Crippen molar-refractivity contribution in [1.82, 2.24) is 0 Å². The third-order valence-corrected chi connectivity index (χ3v) is 12.6. The van der Waals surface area contributed by atoms with Gasteiger partial charge in [-0.05, 0) is 61.6 Å². The standard InChI is InChI=1S/C21H40O4Si/c1-19(2,3)26(5,6)25-18-10-9-16-17(8-7-13-22)21(23-14-15-24-21)12-11-20(16,18)4/h16-18,22H,7-15H2,1-6H3/t16-,17-,18-,20-/m0/s1. The Morgan fingerprint density at radius 1 is 1.12 bits per heavy atom. The summed E-state index contributed by atoms with van der Waals surface area (Å²) in [6, 6.07) is 0. The lowest BCUT2D eigenvalue weighted by Gasteiger charge is -2.53. The first-order chi connectivity index (χ1) is 12.1. The van der Waals surface area contributed by atoms with Crippen molar-refractivity contribution >= 4 is 8.32 Å². The highest BCUT2D eigenvalue weighted by Crippen LogP contribution is 2.61. The molecule has 1 N–H and O–H groups in total. The van der Waals surface area contributed by atoms with E-state index in [1.54, 1.807) is 0 Å². The Morgan fingerprint density at radius 2 is 1.77 bits per heavy atom. The van der Waals surface area contributed by atoms with Gasteiger partial charge < -0.3 is 19.0 Å². The Labute approximate surface area is 161 Å². The lowest BCUT2D eigenvalue weighted by molar-refractivity contribution is -0.249. The van der Waals surface area contributed by atoms with Crippen molar-refractivity contribution in [1.29, 1.82) is 0 Å². The second kappa shape index (κ2) is 7.14. The van der Waals surface area contributed by atoms with Crippen molar-refractivity contribution in [3.63, 3.8) is 0 Å². The third kappa shape index (κ3) is 3.43. The van der Waals surface area contributed by atoms with E-state index in [-0.39, 0.29) is 17.1 Å². The fourth-order valence-electron chi connectivity index (χ4n) is 5.46. The first-order valence-corrected chi connectivity index (χ1v) is 13.5. The molecule has 0 amide bonds. The maximum Gasteiger partial charge on any atom is 0.192 e. The van der Waals surface area contributed by atoms with Gasteiger partial charge in [0, 0.05) is 18.9 Å². The molecule has 0 radical (unpaired) electrons. The van der Waals surface area contributed by atoms with Gasteiger partial charge in [0.2, 0.25) is 0 Å². The van der Waals surface area contributed by atoms with E-state index < -0.39 is 14.1 Å². The summed E-state index contributed by atoms with van der Waals surface area (Å²) in [7, 11) is -1.78. The normalized spacial score (nSPS) is 37.3. The summed E-state index contributed by atoms with van der Waals surface area (Å²) in [5.74, 6) is 0.546. The molecule has 3 fully saturated rings. The molecule has 0 unspecified atom stereocenters. The van der Waals surface area contributed by atoms with E-state index in [0.717, 1.165) is 32.1 Å². The SMILES string of the molecule is CC(C)(C)[Si](C)(C)O[C@H]1CC[C@H]2[C@H](CCCO)C3(CC[C@]12C)OCCO3. The molecule has 152 valence electrons. The molecule has 3 aliphatic rings. The van der Waals surface area contributed by atoms with Crippen molar-refractivity contribution in [2.75, 3.05) is 19.8 Å². The predicted octanol–water partition coefficient (Wildman–Crippen LogP) is 4.72. The Balaban J connectivity index is 1.82. The number of hydrogen-bond donors (Lipinski definition) is 1. The predicted molar refractivity (Wildman–Crippen MR) is 107 cm³/mol. The monoisotopic (exact) mass is 384 g/mol. The van der Waals surface area contributed by atoms with Crippen LogP contribution in [0.3, 0.4) is 0 Å². The molecule has 0 aromatic heterocycles. The number of aliphatic hydroxyl groups is 1. The quantitative estimate of drug-likeness (QED) is 0.697. The van der Waals surface area contributed by atoms with Crippen LogP contribution in [0, 0.1) is 17.3 Å². The molecule has 1 aliphatic heterocycles. The molecule has 1 spiro atoms. The molecule has 0 bridgehead atoms. The smallest absolute Gasteiger partial charge is 0.192 e. The number of aliphatic hydroxyl groups excluding tert-OH is 1. The molecule has 2 saturated carbocycles. The van der Waals surface area contributed by atoms with Gasteiger partial charge in [0.15, 0.2) is 14.1 Å². The van der Waals surface area contributed by atoms with Gasteiger partial charge in [-0.15, -0.1) is 0 Å². The molecule has 1 saturated heterocycles. The Hall–Kier alpha value is 0.0569. The number of hydrogen-bond acceptors (Lipinski definition) is 4. The number of rotatable bonds is 5. The molecule has 4 atom stereocenters. The molecule has 2 aliphatic carbocycles. The highest BCUT2D eigenvalue weighted by atomic mass is 28.4. The zero-order chi connectivity index (χ0) is 19.2. The summed E-state index contributed by atoms with van der Waals surface area (Å²) in [4.78, 5) is 0. The first-order valence-electron chi connectivity index (χ1n) is 10.6. The minimum absolute atomic E-state index is 0.205. The van der Waals surface area contributed by atoms with Crippen molar-refractivity contribution in [2.24, 2.45) is 17.3 Å². The van der Waals surface area contributed by atoms with Crippen LogP contribution in [-0.2, 0) is 13.9 Å². The van der Waals surface area contributed by atoms with Crippen molar-refractivity contribution in [3.05, 3.63) is 0 Å². The molecular weight excluding hydrogens is 344 g/mol. The summed E-state index contributed by atoms with van der Waals surface area (Å²) in [5, 5.41) is 9.67. The summed E-state index contributed by atoms with van der Waals surface area (Å²) in [6.07, 6.45) is 6.60. The van der Waals surface area contributed by atoms with Gasteiger partial charge in [-0.1, -0.05) is 27.7 Å². The summed E-state index contributed by atoms with van der Waals surface area (Å²) in [6.45, 7) is 15.9. The summed E-state index contributed by atoms with van der Waals surface area (Å²) < 4.78 is 19.3. The highest BCUT2D eigenvalue weighted by Gasteiger charge is 2.62. The Morgan fingerprint density at radius 3 is 2.35 bits per heavy atom. The molecule has 1 heterocycles. The zero-order valence-electron chi connectivity index (χ0n) is 17.8.